The van der Waals surface area contributed by atoms with Gasteiger partial charge >= 0.3 is 0 Å². The van der Waals surface area contributed by atoms with Crippen molar-refractivity contribution >= 4 is 9.84 Å². The minimum absolute atomic E-state index is 0.0884. The van der Waals surface area contributed by atoms with Crippen molar-refractivity contribution in [3.05, 3.63) is 0 Å². The Labute approximate surface area is 106 Å². The molecule has 0 rings (SSSR count). The molecule has 0 saturated carbocycles. The quantitative estimate of drug-likeness (QED) is 0.679. The van der Waals surface area contributed by atoms with Gasteiger partial charge in [0.25, 0.3) is 0 Å². The van der Waals surface area contributed by atoms with Crippen LogP contribution in [0.5, 0.6) is 0 Å². The molecule has 2 N–H and O–H groups in total. The maximum Gasteiger partial charge on any atom is 0.153 e. The molecule has 0 fully saturated rings. The number of hydrogen-bond acceptors (Lipinski definition) is 4. The molecule has 0 saturated heterocycles. The van der Waals surface area contributed by atoms with Crippen molar-refractivity contribution in [3.8, 4) is 0 Å². The van der Waals surface area contributed by atoms with Crippen LogP contribution in [0.2, 0.25) is 0 Å². The van der Waals surface area contributed by atoms with E-state index in [1.807, 2.05) is 0 Å². The molecule has 17 heavy (non-hydrogen) atoms. The van der Waals surface area contributed by atoms with E-state index < -0.39 is 15.9 Å². The summed E-state index contributed by atoms with van der Waals surface area (Å²) in [5, 5.41) is 12.4. The molecule has 104 valence electrons. The summed E-state index contributed by atoms with van der Waals surface area (Å²) >= 11 is 0. The summed E-state index contributed by atoms with van der Waals surface area (Å²) in [7, 11) is -2.98. The molecular formula is C12H27NO3S. The van der Waals surface area contributed by atoms with Gasteiger partial charge in [-0.2, -0.15) is 0 Å². The highest BCUT2D eigenvalue weighted by Crippen LogP contribution is 2.20. The van der Waals surface area contributed by atoms with Crippen LogP contribution >= 0.6 is 0 Å². The Morgan fingerprint density at radius 1 is 1.24 bits per heavy atom. The molecule has 0 radical (unpaired) electrons. The van der Waals surface area contributed by atoms with Crippen molar-refractivity contribution in [3.63, 3.8) is 0 Å². The van der Waals surface area contributed by atoms with E-state index in [9.17, 15) is 13.5 Å². The van der Waals surface area contributed by atoms with Crippen LogP contribution in [-0.4, -0.2) is 43.7 Å². The molecule has 0 aromatic carbocycles. The minimum atomic E-state index is -2.98. The zero-order valence-corrected chi connectivity index (χ0v) is 12.5. The van der Waals surface area contributed by atoms with E-state index in [2.05, 4.69) is 26.1 Å². The van der Waals surface area contributed by atoms with E-state index in [0.717, 1.165) is 0 Å². The van der Waals surface area contributed by atoms with Crippen molar-refractivity contribution in [2.45, 2.75) is 52.4 Å². The Balaban J connectivity index is 3.80. The molecule has 0 aromatic heterocycles. The molecular weight excluding hydrogens is 238 g/mol. The van der Waals surface area contributed by atoms with Crippen LogP contribution in [0.4, 0.5) is 0 Å². The summed E-state index contributed by atoms with van der Waals surface area (Å²) in [4.78, 5) is 0. The first-order valence-corrected chi connectivity index (χ1v) is 7.86. The maximum absolute atomic E-state index is 11.5. The van der Waals surface area contributed by atoms with E-state index in [4.69, 9.17) is 0 Å². The van der Waals surface area contributed by atoms with Gasteiger partial charge in [-0.3, -0.25) is 0 Å². The van der Waals surface area contributed by atoms with Gasteiger partial charge in [-0.15, -0.1) is 0 Å². The Bertz CT molecular complexity index is 304. The van der Waals surface area contributed by atoms with Crippen LogP contribution in [-0.2, 0) is 9.84 Å². The van der Waals surface area contributed by atoms with Crippen molar-refractivity contribution < 1.29 is 13.5 Å². The summed E-state index contributed by atoms with van der Waals surface area (Å²) in [6, 6.07) is 0. The fourth-order valence-electron chi connectivity index (χ4n) is 1.50. The lowest BCUT2D eigenvalue weighted by Crippen LogP contribution is -2.34. The third-order valence-corrected chi connectivity index (χ3v) is 4.72. The lowest BCUT2D eigenvalue weighted by atomic mass is 9.89. The molecule has 0 aliphatic carbocycles. The highest BCUT2D eigenvalue weighted by Gasteiger charge is 2.18. The molecule has 1 atom stereocenters. The zero-order valence-electron chi connectivity index (χ0n) is 11.7. The average Bonchev–Trinajstić information content (AvgIpc) is 2.09. The predicted octanol–water partition coefficient (Wildman–Crippen LogP) is 1.20. The molecule has 0 amide bonds. The third-order valence-electron chi connectivity index (χ3n) is 2.51. The fourth-order valence-corrected chi connectivity index (χ4v) is 2.40. The standard InChI is InChI=1S/C12H27NO3S/c1-10(2)17(15,16)7-6-13-9-11(14)8-12(3,4)5/h10-11,13-14H,6-9H2,1-5H3. The molecule has 0 aliphatic rings. The van der Waals surface area contributed by atoms with Gasteiger partial charge in [0.05, 0.1) is 17.1 Å². The lowest BCUT2D eigenvalue weighted by molar-refractivity contribution is 0.120. The van der Waals surface area contributed by atoms with Crippen molar-refractivity contribution in [1.29, 1.82) is 0 Å². The summed E-state index contributed by atoms with van der Waals surface area (Å²) in [6.45, 7) is 10.4. The molecule has 0 aromatic rings. The first-order chi connectivity index (χ1) is 7.54. The molecule has 1 unspecified atom stereocenters. The number of hydrogen-bond donors (Lipinski definition) is 2. The molecule has 5 heteroatoms. The van der Waals surface area contributed by atoms with Crippen LogP contribution in [0.1, 0.15) is 41.0 Å². The Morgan fingerprint density at radius 3 is 2.18 bits per heavy atom. The zero-order chi connectivity index (χ0) is 13.7. The monoisotopic (exact) mass is 265 g/mol. The smallest absolute Gasteiger partial charge is 0.153 e. The Kier molecular flexibility index (Phi) is 6.66. The number of rotatable bonds is 7. The van der Waals surface area contributed by atoms with Gasteiger partial charge in [-0.1, -0.05) is 20.8 Å². The van der Waals surface area contributed by atoms with Gasteiger partial charge < -0.3 is 10.4 Å². The average molecular weight is 265 g/mol. The summed E-state index contributed by atoms with van der Waals surface area (Å²) in [6.07, 6.45) is 0.286. The summed E-state index contributed by atoms with van der Waals surface area (Å²) < 4.78 is 23.0. The second-order valence-electron chi connectivity index (χ2n) is 6.04. The van der Waals surface area contributed by atoms with Gasteiger partial charge in [0, 0.05) is 13.1 Å². The van der Waals surface area contributed by atoms with E-state index in [-0.39, 0.29) is 16.4 Å². The minimum Gasteiger partial charge on any atom is -0.392 e. The SMILES string of the molecule is CC(C)S(=O)(=O)CCNCC(O)CC(C)(C)C. The number of aliphatic hydroxyl groups excluding tert-OH is 1. The first kappa shape index (κ1) is 16.9. The van der Waals surface area contributed by atoms with Crippen molar-refractivity contribution in [2.24, 2.45) is 5.41 Å². The molecule has 4 nitrogen and oxygen atoms in total. The van der Waals surface area contributed by atoms with Crippen LogP contribution in [0, 0.1) is 5.41 Å². The van der Waals surface area contributed by atoms with Gasteiger partial charge in [-0.05, 0) is 25.7 Å². The lowest BCUT2D eigenvalue weighted by Gasteiger charge is -2.22. The van der Waals surface area contributed by atoms with E-state index >= 15 is 0 Å². The van der Waals surface area contributed by atoms with Crippen molar-refractivity contribution in [2.75, 3.05) is 18.8 Å². The molecule has 0 aliphatic heterocycles. The number of sulfone groups is 1. The van der Waals surface area contributed by atoms with Gasteiger partial charge in [-0.25, -0.2) is 8.42 Å². The van der Waals surface area contributed by atoms with E-state index in [0.29, 0.717) is 19.5 Å². The molecule has 0 bridgehead atoms. The fraction of sp³-hybridized carbons (Fsp3) is 1.00. The van der Waals surface area contributed by atoms with E-state index in [1.165, 1.54) is 0 Å². The Hall–Kier alpha value is -0.130. The normalized spacial score (nSPS) is 15.2. The van der Waals surface area contributed by atoms with Gasteiger partial charge in [0.2, 0.25) is 0 Å². The molecule has 0 heterocycles. The molecule has 0 spiro atoms. The Morgan fingerprint density at radius 2 is 1.76 bits per heavy atom. The van der Waals surface area contributed by atoms with E-state index in [1.54, 1.807) is 13.8 Å². The first-order valence-electron chi connectivity index (χ1n) is 6.15. The van der Waals surface area contributed by atoms with Gasteiger partial charge in [0.1, 0.15) is 0 Å². The summed E-state index contributed by atoms with van der Waals surface area (Å²) in [5.41, 5.74) is 0.0884. The maximum atomic E-state index is 11.5. The summed E-state index contributed by atoms with van der Waals surface area (Å²) in [5.74, 6) is 0.132. The third kappa shape index (κ3) is 8.57. The topological polar surface area (TPSA) is 66.4 Å². The van der Waals surface area contributed by atoms with Crippen molar-refractivity contribution in [1.82, 2.24) is 5.32 Å². The van der Waals surface area contributed by atoms with Crippen LogP contribution in [0.3, 0.4) is 0 Å². The van der Waals surface area contributed by atoms with Crippen LogP contribution < -0.4 is 5.32 Å². The predicted molar refractivity (Wildman–Crippen MR) is 71.9 cm³/mol. The van der Waals surface area contributed by atoms with Crippen LogP contribution in [0.15, 0.2) is 0 Å². The number of nitrogens with one attached hydrogen (secondary N) is 1. The number of aliphatic hydroxyl groups is 1. The second kappa shape index (κ2) is 6.71. The highest BCUT2D eigenvalue weighted by molar-refractivity contribution is 7.92. The highest BCUT2D eigenvalue weighted by atomic mass is 32.2. The van der Waals surface area contributed by atoms with Crippen LogP contribution in [0.25, 0.3) is 0 Å². The largest absolute Gasteiger partial charge is 0.392 e. The second-order valence-corrected chi connectivity index (χ2v) is 8.72. The van der Waals surface area contributed by atoms with Gasteiger partial charge in [0.15, 0.2) is 9.84 Å².